The number of hydrazone groups is 1. The topological polar surface area (TPSA) is 76.7 Å². The van der Waals surface area contributed by atoms with E-state index < -0.39 is 12.6 Å². The Labute approximate surface area is 100 Å². The summed E-state index contributed by atoms with van der Waals surface area (Å²) in [6.07, 6.45) is 1.09. The molecule has 0 bridgehead atoms. The van der Waals surface area contributed by atoms with Crippen LogP contribution in [0.4, 0.5) is 13.6 Å². The molecule has 0 unspecified atom stereocenters. The van der Waals surface area contributed by atoms with Gasteiger partial charge in [0.25, 0.3) is 0 Å². The molecule has 0 aliphatic rings. The van der Waals surface area contributed by atoms with E-state index in [2.05, 4.69) is 9.84 Å². The van der Waals surface area contributed by atoms with Crippen molar-refractivity contribution in [2.75, 3.05) is 0 Å². The molecule has 0 radical (unpaired) electrons. The van der Waals surface area contributed by atoms with Crippen molar-refractivity contribution in [3.63, 3.8) is 0 Å². The minimum Gasteiger partial charge on any atom is -0.434 e. The number of amides is 2. The fourth-order valence-electron chi connectivity index (χ4n) is 0.989. The van der Waals surface area contributed by atoms with Crippen molar-refractivity contribution < 1.29 is 18.3 Å². The van der Waals surface area contributed by atoms with Crippen LogP contribution in [0.25, 0.3) is 0 Å². The van der Waals surface area contributed by atoms with E-state index in [9.17, 15) is 13.6 Å². The number of alkyl halides is 2. The number of benzene rings is 1. The van der Waals surface area contributed by atoms with Gasteiger partial charge in [-0.2, -0.15) is 13.9 Å². The number of nitrogens with two attached hydrogens (primary N) is 1. The second-order valence-electron chi connectivity index (χ2n) is 2.79. The number of nitrogens with one attached hydrogen (secondary N) is 1. The monoisotopic (exact) mass is 263 g/mol. The lowest BCUT2D eigenvalue weighted by Crippen LogP contribution is -2.24. The summed E-state index contributed by atoms with van der Waals surface area (Å²) in [5, 5.41) is 3.73. The summed E-state index contributed by atoms with van der Waals surface area (Å²) in [6, 6.07) is 3.13. The Bertz CT molecular complexity index is 440. The zero-order valence-corrected chi connectivity index (χ0v) is 9.12. The number of nitrogens with zero attached hydrogens (tertiary/aromatic N) is 1. The number of hydrogen-bond acceptors (Lipinski definition) is 3. The van der Waals surface area contributed by atoms with E-state index in [-0.39, 0.29) is 11.3 Å². The smallest absolute Gasteiger partial charge is 0.387 e. The SMILES string of the molecule is NC(=O)NN=Cc1cc(Cl)ccc1OC(F)F. The van der Waals surface area contributed by atoms with Gasteiger partial charge in [0, 0.05) is 10.6 Å². The van der Waals surface area contributed by atoms with Crippen LogP contribution >= 0.6 is 11.6 Å². The summed E-state index contributed by atoms with van der Waals surface area (Å²) in [5.74, 6) is -0.112. The number of carbonyl (C=O) groups is 1. The molecule has 0 atom stereocenters. The van der Waals surface area contributed by atoms with E-state index >= 15 is 0 Å². The van der Waals surface area contributed by atoms with Crippen molar-refractivity contribution in [2.24, 2.45) is 10.8 Å². The van der Waals surface area contributed by atoms with Crippen LogP contribution in [0.15, 0.2) is 23.3 Å². The maximum Gasteiger partial charge on any atom is 0.387 e. The summed E-state index contributed by atoms with van der Waals surface area (Å²) in [5.41, 5.74) is 6.87. The van der Waals surface area contributed by atoms with Gasteiger partial charge in [-0.05, 0) is 18.2 Å². The first-order chi connectivity index (χ1) is 7.99. The summed E-state index contributed by atoms with van der Waals surface area (Å²) in [7, 11) is 0. The van der Waals surface area contributed by atoms with E-state index in [0.717, 1.165) is 6.21 Å². The molecule has 0 saturated heterocycles. The van der Waals surface area contributed by atoms with Gasteiger partial charge in [-0.25, -0.2) is 10.2 Å². The first kappa shape index (κ1) is 13.2. The summed E-state index contributed by atoms with van der Waals surface area (Å²) >= 11 is 5.68. The molecule has 17 heavy (non-hydrogen) atoms. The molecule has 0 fully saturated rings. The van der Waals surface area contributed by atoms with Crippen LogP contribution in [0, 0.1) is 0 Å². The normalized spacial score (nSPS) is 10.8. The lowest BCUT2D eigenvalue weighted by atomic mass is 10.2. The van der Waals surface area contributed by atoms with Crippen LogP contribution in [-0.4, -0.2) is 18.9 Å². The van der Waals surface area contributed by atoms with Gasteiger partial charge >= 0.3 is 12.6 Å². The van der Waals surface area contributed by atoms with E-state index in [0.29, 0.717) is 5.02 Å². The molecular weight excluding hydrogens is 256 g/mol. The molecule has 0 aromatic heterocycles. The van der Waals surface area contributed by atoms with Gasteiger partial charge in [0.1, 0.15) is 5.75 Å². The van der Waals surface area contributed by atoms with Gasteiger partial charge in [-0.3, -0.25) is 0 Å². The Morgan fingerprint density at radius 1 is 1.59 bits per heavy atom. The van der Waals surface area contributed by atoms with Crippen molar-refractivity contribution in [1.29, 1.82) is 0 Å². The third-order valence-corrected chi connectivity index (χ3v) is 1.80. The molecule has 0 aliphatic carbocycles. The first-order valence-corrected chi connectivity index (χ1v) is 4.69. The van der Waals surface area contributed by atoms with Crippen molar-refractivity contribution >= 4 is 23.8 Å². The van der Waals surface area contributed by atoms with Crippen molar-refractivity contribution in [3.05, 3.63) is 28.8 Å². The molecule has 1 aromatic carbocycles. The molecule has 2 amide bonds. The van der Waals surface area contributed by atoms with Crippen LogP contribution in [0.1, 0.15) is 5.56 Å². The Hall–Kier alpha value is -1.89. The van der Waals surface area contributed by atoms with Gasteiger partial charge in [0.05, 0.1) is 6.21 Å². The lowest BCUT2D eigenvalue weighted by molar-refractivity contribution is -0.0499. The average molecular weight is 264 g/mol. The van der Waals surface area contributed by atoms with Gasteiger partial charge in [0.2, 0.25) is 0 Å². The number of hydrogen-bond donors (Lipinski definition) is 2. The third kappa shape index (κ3) is 4.64. The van der Waals surface area contributed by atoms with E-state index in [1.54, 1.807) is 0 Å². The molecule has 5 nitrogen and oxygen atoms in total. The summed E-state index contributed by atoms with van der Waals surface area (Å²) in [6.45, 7) is -2.97. The maximum absolute atomic E-state index is 12.1. The molecule has 3 N–H and O–H groups in total. The van der Waals surface area contributed by atoms with Crippen LogP contribution in [0.3, 0.4) is 0 Å². The summed E-state index contributed by atoms with van der Waals surface area (Å²) < 4.78 is 28.4. The van der Waals surface area contributed by atoms with Gasteiger partial charge in [-0.1, -0.05) is 11.6 Å². The van der Waals surface area contributed by atoms with Crippen molar-refractivity contribution in [3.8, 4) is 5.75 Å². The number of ether oxygens (including phenoxy) is 1. The van der Waals surface area contributed by atoms with E-state index in [1.807, 2.05) is 5.43 Å². The number of primary amides is 1. The number of urea groups is 1. The largest absolute Gasteiger partial charge is 0.434 e. The van der Waals surface area contributed by atoms with E-state index in [1.165, 1.54) is 18.2 Å². The van der Waals surface area contributed by atoms with Crippen LogP contribution in [0.2, 0.25) is 5.02 Å². The standard InChI is InChI=1S/C9H8ClF2N3O2/c10-6-1-2-7(17-8(11)12)5(3-6)4-14-15-9(13)16/h1-4,8H,(H3,13,15,16). The summed E-state index contributed by atoms with van der Waals surface area (Å²) in [4.78, 5) is 10.3. The minimum absolute atomic E-state index is 0.112. The predicted octanol–water partition coefficient (Wildman–Crippen LogP) is 1.94. The highest BCUT2D eigenvalue weighted by Crippen LogP contribution is 2.22. The highest BCUT2D eigenvalue weighted by molar-refractivity contribution is 6.30. The Balaban J connectivity index is 2.90. The average Bonchev–Trinajstić information content (AvgIpc) is 2.21. The first-order valence-electron chi connectivity index (χ1n) is 4.32. The Morgan fingerprint density at radius 2 is 2.29 bits per heavy atom. The Morgan fingerprint density at radius 3 is 2.88 bits per heavy atom. The van der Waals surface area contributed by atoms with Gasteiger partial charge < -0.3 is 10.5 Å². The number of rotatable bonds is 4. The zero-order valence-electron chi connectivity index (χ0n) is 8.36. The molecule has 0 heterocycles. The maximum atomic E-state index is 12.1. The van der Waals surface area contributed by atoms with Crippen LogP contribution in [0.5, 0.6) is 5.75 Å². The van der Waals surface area contributed by atoms with Crippen LogP contribution < -0.4 is 15.9 Å². The molecule has 0 spiro atoms. The highest BCUT2D eigenvalue weighted by atomic mass is 35.5. The predicted molar refractivity (Wildman–Crippen MR) is 58.4 cm³/mol. The van der Waals surface area contributed by atoms with Crippen molar-refractivity contribution in [1.82, 2.24) is 5.43 Å². The molecule has 92 valence electrons. The fraction of sp³-hybridized carbons (Fsp3) is 0.111. The molecule has 0 aliphatic heterocycles. The molecule has 8 heteroatoms. The molecular formula is C9H8ClF2N3O2. The van der Waals surface area contributed by atoms with Gasteiger partial charge in [-0.15, -0.1) is 0 Å². The molecule has 1 aromatic rings. The van der Waals surface area contributed by atoms with Gasteiger partial charge in [0.15, 0.2) is 0 Å². The Kier molecular flexibility index (Phi) is 4.65. The molecule has 0 saturated carbocycles. The second kappa shape index (κ2) is 6.00. The number of halogens is 3. The zero-order chi connectivity index (χ0) is 12.8. The minimum atomic E-state index is -2.97. The second-order valence-corrected chi connectivity index (χ2v) is 3.23. The van der Waals surface area contributed by atoms with E-state index in [4.69, 9.17) is 17.3 Å². The molecule has 1 rings (SSSR count). The fourth-order valence-corrected chi connectivity index (χ4v) is 1.17. The van der Waals surface area contributed by atoms with Crippen molar-refractivity contribution in [2.45, 2.75) is 6.61 Å². The third-order valence-electron chi connectivity index (χ3n) is 1.57. The number of carbonyl (C=O) groups excluding carboxylic acids is 1. The van der Waals surface area contributed by atoms with Crippen LogP contribution in [-0.2, 0) is 0 Å². The lowest BCUT2D eigenvalue weighted by Gasteiger charge is -2.07. The highest BCUT2D eigenvalue weighted by Gasteiger charge is 2.08. The quantitative estimate of drug-likeness (QED) is 0.643.